The largest absolute Gasteiger partial charge is 0.506 e. The Morgan fingerprint density at radius 2 is 2.14 bits per heavy atom. The van der Waals surface area contributed by atoms with Crippen LogP contribution in [0, 0.1) is 6.92 Å². The SMILES string of the molecule is CC[C@H](NCc1c(COP(=O)(O)O)cnc(C)c1O)C(=O)O. The van der Waals surface area contributed by atoms with Crippen LogP contribution < -0.4 is 5.32 Å². The number of carbonyl (C=O) groups is 1. The van der Waals surface area contributed by atoms with Crippen molar-refractivity contribution in [1.29, 1.82) is 0 Å². The van der Waals surface area contributed by atoms with E-state index in [0.717, 1.165) is 0 Å². The molecule has 1 aromatic rings. The molecule has 0 bridgehead atoms. The predicted molar refractivity (Wildman–Crippen MR) is 76.0 cm³/mol. The summed E-state index contributed by atoms with van der Waals surface area (Å²) in [4.78, 5) is 32.3. The third kappa shape index (κ3) is 5.36. The third-order valence-electron chi connectivity index (χ3n) is 3.05. The molecule has 1 aromatic heterocycles. The fraction of sp³-hybridized carbons (Fsp3) is 0.500. The van der Waals surface area contributed by atoms with Crippen LogP contribution in [0.2, 0.25) is 0 Å². The Balaban J connectivity index is 2.97. The minimum absolute atomic E-state index is 0.000147. The lowest BCUT2D eigenvalue weighted by Crippen LogP contribution is -2.35. The smallest absolute Gasteiger partial charge is 0.469 e. The van der Waals surface area contributed by atoms with Gasteiger partial charge in [-0.15, -0.1) is 0 Å². The average molecular weight is 334 g/mol. The highest BCUT2D eigenvalue weighted by Crippen LogP contribution is 2.38. The second-order valence-electron chi connectivity index (χ2n) is 4.64. The zero-order chi connectivity index (χ0) is 16.9. The summed E-state index contributed by atoms with van der Waals surface area (Å²) in [6, 6.07) is -0.802. The van der Waals surface area contributed by atoms with Crippen LogP contribution in [0.1, 0.15) is 30.2 Å². The highest BCUT2D eigenvalue weighted by atomic mass is 31.2. The molecule has 1 atom stereocenters. The van der Waals surface area contributed by atoms with E-state index in [2.05, 4.69) is 14.8 Å². The van der Waals surface area contributed by atoms with Gasteiger partial charge in [-0.25, -0.2) is 4.57 Å². The Kier molecular flexibility index (Phi) is 6.46. The van der Waals surface area contributed by atoms with Crippen LogP contribution in [-0.2, 0) is 27.0 Å². The molecule has 0 spiro atoms. The molecule has 0 amide bonds. The van der Waals surface area contributed by atoms with Gasteiger partial charge < -0.3 is 25.3 Å². The van der Waals surface area contributed by atoms with Crippen LogP contribution in [-0.4, -0.2) is 37.0 Å². The van der Waals surface area contributed by atoms with Crippen LogP contribution in [0.15, 0.2) is 6.20 Å². The van der Waals surface area contributed by atoms with Crippen LogP contribution >= 0.6 is 7.82 Å². The first-order chi connectivity index (χ1) is 10.2. The van der Waals surface area contributed by atoms with Crippen molar-refractivity contribution in [1.82, 2.24) is 10.3 Å². The summed E-state index contributed by atoms with van der Waals surface area (Å²) in [6.07, 6.45) is 1.66. The van der Waals surface area contributed by atoms with E-state index in [1.807, 2.05) is 0 Å². The van der Waals surface area contributed by atoms with E-state index in [-0.39, 0.29) is 17.9 Å². The Hall–Kier alpha value is -1.51. The summed E-state index contributed by atoms with van der Waals surface area (Å²) >= 11 is 0. The van der Waals surface area contributed by atoms with Gasteiger partial charge in [0.15, 0.2) is 0 Å². The van der Waals surface area contributed by atoms with E-state index in [1.54, 1.807) is 13.8 Å². The monoisotopic (exact) mass is 334 g/mol. The zero-order valence-electron chi connectivity index (χ0n) is 12.2. The normalized spacial score (nSPS) is 13.1. The van der Waals surface area contributed by atoms with Crippen LogP contribution in [0.3, 0.4) is 0 Å². The van der Waals surface area contributed by atoms with Gasteiger partial charge in [-0.2, -0.15) is 0 Å². The molecule has 10 heteroatoms. The van der Waals surface area contributed by atoms with Gasteiger partial charge >= 0.3 is 13.8 Å². The molecule has 0 aromatic carbocycles. The molecule has 0 saturated carbocycles. The van der Waals surface area contributed by atoms with Crippen molar-refractivity contribution in [3.05, 3.63) is 23.0 Å². The van der Waals surface area contributed by atoms with E-state index in [4.69, 9.17) is 14.9 Å². The van der Waals surface area contributed by atoms with Gasteiger partial charge in [-0.1, -0.05) is 6.92 Å². The first kappa shape index (κ1) is 18.5. The van der Waals surface area contributed by atoms with Crippen molar-refractivity contribution < 1.29 is 33.9 Å². The molecule has 1 rings (SSSR count). The van der Waals surface area contributed by atoms with E-state index in [0.29, 0.717) is 17.7 Å². The summed E-state index contributed by atoms with van der Waals surface area (Å²) in [7, 11) is -4.66. The predicted octanol–water partition coefficient (Wildman–Crippen LogP) is 0.658. The Morgan fingerprint density at radius 3 is 2.64 bits per heavy atom. The number of carboxylic acids is 1. The molecule has 0 aliphatic heterocycles. The Morgan fingerprint density at radius 1 is 1.50 bits per heavy atom. The fourth-order valence-corrected chi connectivity index (χ4v) is 2.10. The van der Waals surface area contributed by atoms with E-state index in [9.17, 15) is 14.5 Å². The van der Waals surface area contributed by atoms with Gasteiger partial charge in [0.25, 0.3) is 0 Å². The number of hydrogen-bond donors (Lipinski definition) is 5. The van der Waals surface area contributed by atoms with Gasteiger partial charge in [0.2, 0.25) is 0 Å². The minimum atomic E-state index is -4.66. The third-order valence-corrected chi connectivity index (χ3v) is 3.52. The standard InChI is InChI=1S/C12H19N2O7P/c1-3-10(12(16)17)14-5-9-8(6-21-22(18,19)20)4-13-7(2)11(9)15/h4,10,14-15H,3,5-6H2,1-2H3,(H,16,17)(H2,18,19,20)/t10-/m0/s1. The first-order valence-corrected chi connectivity index (χ1v) is 8.01. The molecule has 9 nitrogen and oxygen atoms in total. The first-order valence-electron chi connectivity index (χ1n) is 6.48. The van der Waals surface area contributed by atoms with Crippen LogP contribution in [0.25, 0.3) is 0 Å². The Labute approximate surface area is 127 Å². The maximum Gasteiger partial charge on any atom is 0.469 e. The number of nitrogens with one attached hydrogen (secondary N) is 1. The number of hydrogen-bond acceptors (Lipinski definition) is 6. The van der Waals surface area contributed by atoms with Crippen molar-refractivity contribution in [3.8, 4) is 5.75 Å². The summed E-state index contributed by atoms with van der Waals surface area (Å²) in [5.74, 6) is -1.19. The van der Waals surface area contributed by atoms with E-state index < -0.39 is 26.4 Å². The number of aromatic nitrogens is 1. The maximum atomic E-state index is 11.0. The number of carboxylic acid groups (broad SMARTS) is 1. The average Bonchev–Trinajstić information content (AvgIpc) is 2.41. The number of nitrogens with zero attached hydrogens (tertiary/aromatic N) is 1. The van der Waals surface area contributed by atoms with Gasteiger partial charge in [-0.05, 0) is 13.3 Å². The molecule has 0 unspecified atom stereocenters. The fourth-order valence-electron chi connectivity index (χ4n) is 1.79. The van der Waals surface area contributed by atoms with Gasteiger partial charge in [0, 0.05) is 23.9 Å². The summed E-state index contributed by atoms with van der Waals surface area (Å²) < 4.78 is 15.2. The van der Waals surface area contributed by atoms with Crippen molar-refractivity contribution >= 4 is 13.8 Å². The lowest BCUT2D eigenvalue weighted by atomic mass is 10.1. The summed E-state index contributed by atoms with van der Waals surface area (Å²) in [5, 5.41) is 21.8. The number of phosphoric acid groups is 1. The van der Waals surface area contributed by atoms with Crippen LogP contribution in [0.4, 0.5) is 0 Å². The summed E-state index contributed by atoms with van der Waals surface area (Å²) in [5.41, 5.74) is 0.875. The van der Waals surface area contributed by atoms with Crippen molar-refractivity contribution in [2.45, 2.75) is 39.5 Å². The highest BCUT2D eigenvalue weighted by molar-refractivity contribution is 7.46. The van der Waals surface area contributed by atoms with Gasteiger partial charge in [0.05, 0.1) is 12.3 Å². The number of rotatable bonds is 8. The molecule has 124 valence electrons. The quantitative estimate of drug-likeness (QED) is 0.432. The van der Waals surface area contributed by atoms with Crippen molar-refractivity contribution in [2.24, 2.45) is 0 Å². The van der Waals surface area contributed by atoms with Gasteiger partial charge in [0.1, 0.15) is 11.8 Å². The second kappa shape index (κ2) is 7.66. The molecule has 1 heterocycles. The molecular formula is C12H19N2O7P. The van der Waals surface area contributed by atoms with Crippen LogP contribution in [0.5, 0.6) is 5.75 Å². The second-order valence-corrected chi connectivity index (χ2v) is 5.88. The number of pyridine rings is 1. The van der Waals surface area contributed by atoms with Crippen molar-refractivity contribution in [2.75, 3.05) is 0 Å². The summed E-state index contributed by atoms with van der Waals surface area (Å²) in [6.45, 7) is 2.80. The molecule has 5 N–H and O–H groups in total. The molecule has 22 heavy (non-hydrogen) atoms. The molecule has 0 fully saturated rings. The van der Waals surface area contributed by atoms with E-state index >= 15 is 0 Å². The topological polar surface area (TPSA) is 149 Å². The minimum Gasteiger partial charge on any atom is -0.506 e. The maximum absolute atomic E-state index is 11.0. The van der Waals surface area contributed by atoms with Gasteiger partial charge in [-0.3, -0.25) is 14.3 Å². The Bertz CT molecular complexity index is 587. The lowest BCUT2D eigenvalue weighted by molar-refractivity contribution is -0.139. The molecule has 0 saturated heterocycles. The van der Waals surface area contributed by atoms with Crippen molar-refractivity contribution in [3.63, 3.8) is 0 Å². The number of aryl methyl sites for hydroxylation is 1. The molecule has 0 aliphatic carbocycles. The molecule has 0 radical (unpaired) electrons. The zero-order valence-corrected chi connectivity index (χ0v) is 13.1. The molecular weight excluding hydrogens is 315 g/mol. The number of aromatic hydroxyl groups is 1. The number of phosphoric ester groups is 1. The van der Waals surface area contributed by atoms with E-state index in [1.165, 1.54) is 6.20 Å². The molecule has 0 aliphatic rings. The number of aliphatic carboxylic acids is 1. The lowest BCUT2D eigenvalue weighted by Gasteiger charge is -2.17. The highest BCUT2D eigenvalue weighted by Gasteiger charge is 2.20.